The first kappa shape index (κ1) is 8.94. The van der Waals surface area contributed by atoms with Crippen molar-refractivity contribution in [2.24, 2.45) is 0 Å². The summed E-state index contributed by atoms with van der Waals surface area (Å²) in [6.45, 7) is 0.741. The first-order chi connectivity index (χ1) is 6.79. The number of hydrogen-bond donors (Lipinski definition) is 0. The molecule has 0 aromatic carbocycles. The molecule has 0 atom stereocenters. The fourth-order valence-corrected chi connectivity index (χ4v) is 1.53. The number of halogens is 1. The Kier molecular flexibility index (Phi) is 2.31. The zero-order valence-corrected chi connectivity index (χ0v) is 7.94. The molecule has 1 aromatic heterocycles. The number of nitrogens with zero attached hydrogens (tertiary/aromatic N) is 2. The Morgan fingerprint density at radius 1 is 1.36 bits per heavy atom. The second-order valence-corrected chi connectivity index (χ2v) is 3.22. The van der Waals surface area contributed by atoms with Crippen LogP contribution in [-0.4, -0.2) is 23.5 Å². The van der Waals surface area contributed by atoms with Gasteiger partial charge in [0.25, 0.3) is 0 Å². The Labute approximate surface area is 82.4 Å². The second-order valence-electron chi connectivity index (χ2n) is 3.22. The molecule has 0 saturated carbocycles. The van der Waals surface area contributed by atoms with Crippen molar-refractivity contribution in [1.29, 1.82) is 0 Å². The summed E-state index contributed by atoms with van der Waals surface area (Å²) in [7, 11) is 1.87. The maximum Gasteiger partial charge on any atom is 0.146 e. The summed E-state index contributed by atoms with van der Waals surface area (Å²) >= 11 is 0. The molecule has 0 radical (unpaired) electrons. The summed E-state index contributed by atoms with van der Waals surface area (Å²) < 4.78 is 13.5. The summed E-state index contributed by atoms with van der Waals surface area (Å²) in [5.41, 5.74) is 1.50. The van der Waals surface area contributed by atoms with Crippen LogP contribution >= 0.6 is 0 Å². The van der Waals surface area contributed by atoms with Crippen LogP contribution in [0.25, 0.3) is 5.70 Å². The van der Waals surface area contributed by atoms with E-state index in [1.807, 2.05) is 24.1 Å². The minimum atomic E-state index is -0.190. The largest absolute Gasteiger partial charge is 0.368 e. The van der Waals surface area contributed by atoms with Crippen molar-refractivity contribution in [1.82, 2.24) is 9.88 Å². The molecule has 0 bridgehead atoms. The minimum Gasteiger partial charge on any atom is -0.368 e. The van der Waals surface area contributed by atoms with Crippen LogP contribution in [0.2, 0.25) is 0 Å². The Bertz CT molecular complexity index is 382. The van der Waals surface area contributed by atoms with Gasteiger partial charge in [-0.05, 0) is 18.2 Å². The van der Waals surface area contributed by atoms with Crippen molar-refractivity contribution >= 4 is 5.70 Å². The van der Waals surface area contributed by atoms with Crippen LogP contribution in [0.15, 0.2) is 42.5 Å². The van der Waals surface area contributed by atoms with E-state index in [9.17, 15) is 4.39 Å². The van der Waals surface area contributed by atoms with E-state index in [2.05, 4.69) is 4.98 Å². The molecule has 3 heteroatoms. The summed E-state index contributed by atoms with van der Waals surface area (Å²) in [4.78, 5) is 5.79. The first-order valence-electron chi connectivity index (χ1n) is 4.47. The van der Waals surface area contributed by atoms with E-state index >= 15 is 0 Å². The number of rotatable bonds is 1. The van der Waals surface area contributed by atoms with E-state index in [-0.39, 0.29) is 5.83 Å². The van der Waals surface area contributed by atoms with Crippen LogP contribution < -0.4 is 0 Å². The van der Waals surface area contributed by atoms with Crippen LogP contribution in [0.3, 0.4) is 0 Å². The van der Waals surface area contributed by atoms with E-state index in [0.717, 1.165) is 12.1 Å². The second kappa shape index (κ2) is 3.62. The van der Waals surface area contributed by atoms with Gasteiger partial charge in [0.1, 0.15) is 5.83 Å². The number of pyridine rings is 1. The molecule has 1 aliphatic heterocycles. The lowest BCUT2D eigenvalue weighted by Gasteiger charge is -2.24. The van der Waals surface area contributed by atoms with Crippen molar-refractivity contribution in [3.05, 3.63) is 48.1 Å². The highest BCUT2D eigenvalue weighted by atomic mass is 19.1. The van der Waals surface area contributed by atoms with Crippen LogP contribution in [0, 0.1) is 0 Å². The van der Waals surface area contributed by atoms with Gasteiger partial charge in [-0.15, -0.1) is 0 Å². The summed E-state index contributed by atoms with van der Waals surface area (Å²) in [5.74, 6) is -0.190. The molecule has 0 spiro atoms. The Hall–Kier alpha value is -1.64. The van der Waals surface area contributed by atoms with Gasteiger partial charge in [0.2, 0.25) is 0 Å². The third-order valence-electron chi connectivity index (χ3n) is 2.21. The molecule has 0 amide bonds. The Morgan fingerprint density at radius 2 is 2.07 bits per heavy atom. The van der Waals surface area contributed by atoms with Crippen LogP contribution in [0.1, 0.15) is 5.56 Å². The molecular weight excluding hydrogens is 179 g/mol. The zero-order valence-electron chi connectivity index (χ0n) is 7.94. The van der Waals surface area contributed by atoms with Crippen LogP contribution in [0.4, 0.5) is 4.39 Å². The molecular formula is C11H11FN2. The van der Waals surface area contributed by atoms with Gasteiger partial charge in [0.15, 0.2) is 0 Å². The maximum absolute atomic E-state index is 13.5. The molecule has 1 aliphatic rings. The van der Waals surface area contributed by atoms with Crippen molar-refractivity contribution in [3.8, 4) is 0 Å². The molecule has 2 rings (SSSR count). The quantitative estimate of drug-likeness (QED) is 0.675. The lowest BCUT2D eigenvalue weighted by Crippen LogP contribution is -2.20. The monoisotopic (exact) mass is 190 g/mol. The lowest BCUT2D eigenvalue weighted by atomic mass is 10.1. The van der Waals surface area contributed by atoms with Crippen LogP contribution in [0.5, 0.6) is 0 Å². The van der Waals surface area contributed by atoms with Gasteiger partial charge in [0, 0.05) is 31.5 Å². The van der Waals surface area contributed by atoms with Gasteiger partial charge in [-0.1, -0.05) is 6.08 Å². The Balaban J connectivity index is 2.46. The summed E-state index contributed by atoms with van der Waals surface area (Å²) in [6.07, 6.45) is 6.65. The van der Waals surface area contributed by atoms with Crippen molar-refractivity contribution in [3.63, 3.8) is 0 Å². The van der Waals surface area contributed by atoms with Gasteiger partial charge in [-0.25, -0.2) is 4.39 Å². The average molecular weight is 190 g/mol. The number of likely N-dealkylation sites (N-methyl/N-ethyl adjacent to an activating group) is 1. The van der Waals surface area contributed by atoms with E-state index in [1.165, 1.54) is 6.08 Å². The highest BCUT2D eigenvalue weighted by Crippen LogP contribution is 2.25. The highest BCUT2D eigenvalue weighted by Gasteiger charge is 2.14. The normalized spacial score (nSPS) is 16.3. The molecule has 1 aromatic rings. The third kappa shape index (κ3) is 1.53. The Morgan fingerprint density at radius 3 is 2.71 bits per heavy atom. The topological polar surface area (TPSA) is 16.1 Å². The lowest BCUT2D eigenvalue weighted by molar-refractivity contribution is 0.502. The molecule has 2 nitrogen and oxygen atoms in total. The fourth-order valence-electron chi connectivity index (χ4n) is 1.53. The zero-order chi connectivity index (χ0) is 9.97. The number of aromatic nitrogens is 1. The summed E-state index contributed by atoms with van der Waals surface area (Å²) in [6, 6.07) is 3.62. The first-order valence-corrected chi connectivity index (χ1v) is 4.47. The summed E-state index contributed by atoms with van der Waals surface area (Å²) in [5, 5.41) is 0. The predicted molar refractivity (Wildman–Crippen MR) is 54.0 cm³/mol. The van der Waals surface area contributed by atoms with E-state index < -0.39 is 0 Å². The van der Waals surface area contributed by atoms with Gasteiger partial charge in [0.05, 0.1) is 5.70 Å². The molecule has 2 heterocycles. The minimum absolute atomic E-state index is 0.190. The fraction of sp³-hybridized carbons (Fsp3) is 0.182. The molecule has 0 saturated heterocycles. The van der Waals surface area contributed by atoms with E-state index in [0.29, 0.717) is 5.70 Å². The average Bonchev–Trinajstić information content (AvgIpc) is 2.19. The number of allylic oxidation sites excluding steroid dienone is 2. The van der Waals surface area contributed by atoms with Gasteiger partial charge >= 0.3 is 0 Å². The van der Waals surface area contributed by atoms with Crippen molar-refractivity contribution in [2.75, 3.05) is 13.6 Å². The molecule has 0 aliphatic carbocycles. The molecule has 0 fully saturated rings. The molecule has 72 valence electrons. The highest BCUT2D eigenvalue weighted by molar-refractivity contribution is 5.68. The standard InChI is InChI=1S/C11H11FN2/c1-14-8-2-3-10(12)11(14)9-4-6-13-7-5-9/h2-7H,8H2,1H3. The smallest absolute Gasteiger partial charge is 0.146 e. The van der Waals surface area contributed by atoms with E-state index in [4.69, 9.17) is 0 Å². The molecule has 0 unspecified atom stereocenters. The number of hydrogen-bond acceptors (Lipinski definition) is 2. The van der Waals surface area contributed by atoms with E-state index in [1.54, 1.807) is 18.5 Å². The van der Waals surface area contributed by atoms with Gasteiger partial charge in [-0.3, -0.25) is 4.98 Å². The molecule has 14 heavy (non-hydrogen) atoms. The van der Waals surface area contributed by atoms with Crippen LogP contribution in [-0.2, 0) is 0 Å². The predicted octanol–water partition coefficient (Wildman–Crippen LogP) is 2.22. The van der Waals surface area contributed by atoms with Crippen molar-refractivity contribution < 1.29 is 4.39 Å². The van der Waals surface area contributed by atoms with Gasteiger partial charge in [-0.2, -0.15) is 0 Å². The SMILES string of the molecule is CN1CC=CC(F)=C1c1ccncc1. The maximum atomic E-state index is 13.5. The van der Waals surface area contributed by atoms with Gasteiger partial charge < -0.3 is 4.90 Å². The van der Waals surface area contributed by atoms with Crippen molar-refractivity contribution in [2.45, 2.75) is 0 Å². The third-order valence-corrected chi connectivity index (χ3v) is 2.21. The molecule has 0 N–H and O–H groups in total.